The van der Waals surface area contributed by atoms with Crippen molar-refractivity contribution >= 4 is 22.7 Å². The molecule has 0 fully saturated rings. The van der Waals surface area contributed by atoms with Crippen molar-refractivity contribution in [3.63, 3.8) is 0 Å². The Morgan fingerprint density at radius 3 is 2.53 bits per heavy atom. The summed E-state index contributed by atoms with van der Waals surface area (Å²) in [6.07, 6.45) is 3.36. The summed E-state index contributed by atoms with van der Waals surface area (Å²) >= 11 is 0. The molecule has 154 valence electrons. The summed E-state index contributed by atoms with van der Waals surface area (Å²) in [6, 6.07) is 8.50. The fourth-order valence-corrected chi connectivity index (χ4v) is 3.23. The third-order valence-electron chi connectivity index (χ3n) is 4.78. The molecule has 0 aliphatic heterocycles. The van der Waals surface area contributed by atoms with Crippen LogP contribution in [0.2, 0.25) is 0 Å². The Bertz CT molecular complexity index is 1220. The number of methoxy groups -OCH3 is 2. The van der Waals surface area contributed by atoms with E-state index in [4.69, 9.17) is 15.2 Å². The molecule has 0 aliphatic carbocycles. The predicted octanol–water partition coefficient (Wildman–Crippen LogP) is 3.47. The summed E-state index contributed by atoms with van der Waals surface area (Å²) < 4.78 is 26.9. The molecule has 0 unspecified atom stereocenters. The van der Waals surface area contributed by atoms with E-state index in [0.29, 0.717) is 52.2 Å². The second-order valence-corrected chi connectivity index (χ2v) is 6.64. The van der Waals surface area contributed by atoms with Gasteiger partial charge in [-0.15, -0.1) is 0 Å². The molecule has 4 rings (SSSR count). The van der Waals surface area contributed by atoms with Crippen LogP contribution in [-0.2, 0) is 6.54 Å². The number of ether oxygens (including phenoxy) is 2. The Morgan fingerprint density at radius 1 is 1.10 bits per heavy atom. The van der Waals surface area contributed by atoms with E-state index in [1.807, 2.05) is 13.0 Å². The average molecular weight is 408 g/mol. The number of nitrogens with two attached hydrogens (primary N) is 1. The number of nitrogens with zero attached hydrogens (tertiary/aromatic N) is 4. The van der Waals surface area contributed by atoms with Gasteiger partial charge in [-0.3, -0.25) is 0 Å². The highest BCUT2D eigenvalue weighted by Gasteiger charge is 2.12. The molecule has 4 aromatic rings. The number of nitrogens with one attached hydrogen (secondary N) is 1. The van der Waals surface area contributed by atoms with Crippen molar-refractivity contribution in [2.75, 3.05) is 25.3 Å². The van der Waals surface area contributed by atoms with Gasteiger partial charge in [0.1, 0.15) is 17.5 Å². The summed E-state index contributed by atoms with van der Waals surface area (Å²) in [7, 11) is 3.10. The second-order valence-electron chi connectivity index (χ2n) is 6.64. The maximum absolute atomic E-state index is 14.6. The molecule has 0 amide bonds. The number of halogens is 1. The van der Waals surface area contributed by atoms with Gasteiger partial charge in [-0.2, -0.15) is 4.98 Å². The lowest BCUT2D eigenvalue weighted by molar-refractivity contribution is 0.356. The number of aromatic nitrogens is 4. The van der Waals surface area contributed by atoms with Crippen molar-refractivity contribution in [2.45, 2.75) is 13.5 Å². The van der Waals surface area contributed by atoms with Crippen LogP contribution in [0.25, 0.3) is 16.6 Å². The van der Waals surface area contributed by atoms with Gasteiger partial charge >= 0.3 is 0 Å². The number of fused-ring (bicyclic) bond motifs is 1. The maximum atomic E-state index is 14.6. The molecule has 3 N–H and O–H groups in total. The van der Waals surface area contributed by atoms with Gasteiger partial charge in [0, 0.05) is 30.4 Å². The van der Waals surface area contributed by atoms with E-state index in [2.05, 4.69) is 20.3 Å². The van der Waals surface area contributed by atoms with Crippen molar-refractivity contribution in [3.05, 3.63) is 59.9 Å². The average Bonchev–Trinajstić information content (AvgIpc) is 3.17. The largest absolute Gasteiger partial charge is 0.493 e. The molecule has 0 saturated heterocycles. The van der Waals surface area contributed by atoms with Gasteiger partial charge in [0.2, 0.25) is 5.95 Å². The van der Waals surface area contributed by atoms with Gasteiger partial charge in [-0.25, -0.2) is 14.4 Å². The minimum absolute atomic E-state index is 0.306. The highest BCUT2D eigenvalue weighted by molar-refractivity contribution is 5.91. The molecule has 2 aromatic carbocycles. The number of imidazole rings is 1. The zero-order chi connectivity index (χ0) is 21.3. The summed E-state index contributed by atoms with van der Waals surface area (Å²) in [5, 5.41) is 3.75. The van der Waals surface area contributed by atoms with Crippen molar-refractivity contribution in [2.24, 2.45) is 0 Å². The number of aryl methyl sites for hydroxylation is 1. The van der Waals surface area contributed by atoms with Crippen LogP contribution in [0.4, 0.5) is 16.2 Å². The summed E-state index contributed by atoms with van der Waals surface area (Å²) in [5.41, 5.74) is 7.89. The molecule has 30 heavy (non-hydrogen) atoms. The van der Waals surface area contributed by atoms with E-state index in [9.17, 15) is 4.39 Å². The zero-order valence-electron chi connectivity index (χ0n) is 16.8. The van der Waals surface area contributed by atoms with E-state index in [1.54, 1.807) is 49.4 Å². The number of hydrogen-bond donors (Lipinski definition) is 2. The van der Waals surface area contributed by atoms with Crippen molar-refractivity contribution < 1.29 is 13.9 Å². The molecule has 9 heteroatoms. The standard InChI is InChI=1S/C21H21FN6O2/c1-12-24-6-7-28(12)17-5-4-13(8-15(17)22)11-25-21-26-16-10-19(30-3)18(29-2)9-14(16)20(23)27-21/h4-10H,11H2,1-3H3,(H3,23,25,26,27). The number of benzene rings is 2. The molecule has 0 radical (unpaired) electrons. The number of hydrogen-bond acceptors (Lipinski definition) is 7. The van der Waals surface area contributed by atoms with Gasteiger partial charge in [-0.1, -0.05) is 6.07 Å². The van der Waals surface area contributed by atoms with Crippen molar-refractivity contribution in [1.29, 1.82) is 0 Å². The quantitative estimate of drug-likeness (QED) is 0.504. The lowest BCUT2D eigenvalue weighted by atomic mass is 10.2. The van der Waals surface area contributed by atoms with Gasteiger partial charge in [0.15, 0.2) is 11.5 Å². The highest BCUT2D eigenvalue weighted by atomic mass is 19.1. The first-order valence-electron chi connectivity index (χ1n) is 9.22. The first-order valence-corrected chi connectivity index (χ1v) is 9.22. The van der Waals surface area contributed by atoms with E-state index in [0.717, 1.165) is 5.56 Å². The number of anilines is 2. The molecular weight excluding hydrogens is 387 g/mol. The van der Waals surface area contributed by atoms with Crippen LogP contribution in [0.3, 0.4) is 0 Å². The van der Waals surface area contributed by atoms with Crippen LogP contribution in [0.5, 0.6) is 11.5 Å². The van der Waals surface area contributed by atoms with Gasteiger partial charge in [0.25, 0.3) is 0 Å². The Kier molecular flexibility index (Phi) is 5.09. The molecule has 8 nitrogen and oxygen atoms in total. The lowest BCUT2D eigenvalue weighted by Gasteiger charge is -2.12. The zero-order valence-corrected chi connectivity index (χ0v) is 16.8. The smallest absolute Gasteiger partial charge is 0.225 e. The molecule has 0 bridgehead atoms. The SMILES string of the molecule is COc1cc2nc(NCc3ccc(-n4ccnc4C)c(F)c3)nc(N)c2cc1OC. The van der Waals surface area contributed by atoms with Gasteiger partial charge in [0.05, 0.1) is 25.4 Å². The van der Waals surface area contributed by atoms with Crippen LogP contribution in [0.1, 0.15) is 11.4 Å². The topological polar surface area (TPSA) is 100 Å². The van der Waals surface area contributed by atoms with E-state index in [1.165, 1.54) is 6.07 Å². The van der Waals surface area contributed by atoms with Crippen LogP contribution >= 0.6 is 0 Å². The fourth-order valence-electron chi connectivity index (χ4n) is 3.23. The Balaban J connectivity index is 1.57. The van der Waals surface area contributed by atoms with Crippen LogP contribution in [0.15, 0.2) is 42.7 Å². The van der Waals surface area contributed by atoms with Crippen molar-refractivity contribution in [3.8, 4) is 17.2 Å². The molecule has 0 atom stereocenters. The molecule has 2 aromatic heterocycles. The molecular formula is C21H21FN6O2. The molecule has 2 heterocycles. The number of nitrogen functional groups attached to an aromatic ring is 1. The molecule has 0 saturated carbocycles. The normalized spacial score (nSPS) is 10.9. The number of rotatable bonds is 6. The highest BCUT2D eigenvalue weighted by Crippen LogP contribution is 2.33. The van der Waals surface area contributed by atoms with Crippen LogP contribution in [0, 0.1) is 12.7 Å². The first-order chi connectivity index (χ1) is 14.5. The van der Waals surface area contributed by atoms with Gasteiger partial charge in [-0.05, 0) is 30.7 Å². The van der Waals surface area contributed by atoms with Crippen molar-refractivity contribution in [1.82, 2.24) is 19.5 Å². The van der Waals surface area contributed by atoms with Crippen LogP contribution < -0.4 is 20.5 Å². The van der Waals surface area contributed by atoms with E-state index in [-0.39, 0.29) is 5.82 Å². The minimum Gasteiger partial charge on any atom is -0.493 e. The third kappa shape index (κ3) is 3.57. The van der Waals surface area contributed by atoms with Gasteiger partial charge < -0.3 is 25.1 Å². The predicted molar refractivity (Wildman–Crippen MR) is 113 cm³/mol. The summed E-state index contributed by atoms with van der Waals surface area (Å²) in [6.45, 7) is 2.15. The maximum Gasteiger partial charge on any atom is 0.225 e. The summed E-state index contributed by atoms with van der Waals surface area (Å²) in [5.74, 6) is 2.10. The molecule has 0 spiro atoms. The Hall–Kier alpha value is -3.88. The Labute approximate surface area is 172 Å². The minimum atomic E-state index is -0.342. The van der Waals surface area contributed by atoms with E-state index < -0.39 is 0 Å². The monoisotopic (exact) mass is 408 g/mol. The Morgan fingerprint density at radius 2 is 1.87 bits per heavy atom. The lowest BCUT2D eigenvalue weighted by Crippen LogP contribution is -2.07. The molecule has 0 aliphatic rings. The summed E-state index contributed by atoms with van der Waals surface area (Å²) in [4.78, 5) is 12.9. The first kappa shape index (κ1) is 19.4. The van der Waals surface area contributed by atoms with E-state index >= 15 is 0 Å². The van der Waals surface area contributed by atoms with Crippen LogP contribution in [-0.4, -0.2) is 33.7 Å². The second kappa shape index (κ2) is 7.86. The third-order valence-corrected chi connectivity index (χ3v) is 4.78. The fraction of sp³-hybridized carbons (Fsp3) is 0.190.